The molecule has 0 fully saturated rings. The first-order valence-corrected chi connectivity index (χ1v) is 11.2. The second-order valence-corrected chi connectivity index (χ2v) is 7.93. The van der Waals surface area contributed by atoms with E-state index in [1.54, 1.807) is 43.5 Å². The number of carbonyl (C=O) groups is 2. The molecule has 2 amide bonds. The van der Waals surface area contributed by atoms with E-state index in [1.807, 2.05) is 19.9 Å². The summed E-state index contributed by atoms with van der Waals surface area (Å²) in [6.07, 6.45) is 2.92. The molecule has 0 saturated carbocycles. The van der Waals surface area contributed by atoms with Crippen molar-refractivity contribution in [2.45, 2.75) is 26.5 Å². The van der Waals surface area contributed by atoms with Crippen molar-refractivity contribution in [3.05, 3.63) is 77.4 Å². The van der Waals surface area contributed by atoms with Crippen molar-refractivity contribution in [2.75, 3.05) is 21.3 Å². The molecule has 0 bridgehead atoms. The fraction of sp³-hybridized carbons (Fsp3) is 0.259. The molecule has 0 aliphatic rings. The molecule has 0 atom stereocenters. The van der Waals surface area contributed by atoms with Gasteiger partial charge in [0.15, 0.2) is 23.0 Å². The average Bonchev–Trinajstić information content (AvgIpc) is 3.39. The SMILES string of the molecule is COc1ccc(C(=O)N/C(=C\c2ccco2)C(=O)NCc2ccc(OC(C)C)c(OC)c2)cc1OC. The molecule has 0 aliphatic carbocycles. The summed E-state index contributed by atoms with van der Waals surface area (Å²) in [7, 11) is 4.54. The van der Waals surface area contributed by atoms with Gasteiger partial charge in [0.2, 0.25) is 0 Å². The molecule has 0 saturated heterocycles. The highest BCUT2D eigenvalue weighted by Crippen LogP contribution is 2.29. The van der Waals surface area contributed by atoms with Gasteiger partial charge in [-0.15, -0.1) is 0 Å². The maximum atomic E-state index is 13.1. The zero-order chi connectivity index (χ0) is 26.1. The van der Waals surface area contributed by atoms with Crippen molar-refractivity contribution in [1.82, 2.24) is 10.6 Å². The molecule has 0 radical (unpaired) electrons. The van der Waals surface area contributed by atoms with E-state index in [0.717, 1.165) is 5.56 Å². The lowest BCUT2D eigenvalue weighted by Crippen LogP contribution is -2.34. The summed E-state index contributed by atoms with van der Waals surface area (Å²) in [5, 5.41) is 5.47. The minimum absolute atomic E-state index is 0.00645. The number of hydrogen-bond acceptors (Lipinski definition) is 7. The highest BCUT2D eigenvalue weighted by atomic mass is 16.5. The van der Waals surface area contributed by atoms with Crippen LogP contribution in [0.3, 0.4) is 0 Å². The second-order valence-electron chi connectivity index (χ2n) is 7.93. The molecule has 2 N–H and O–H groups in total. The lowest BCUT2D eigenvalue weighted by molar-refractivity contribution is -0.117. The number of benzene rings is 2. The van der Waals surface area contributed by atoms with Crippen LogP contribution in [0, 0.1) is 0 Å². The van der Waals surface area contributed by atoms with Crippen LogP contribution in [0.4, 0.5) is 0 Å². The predicted molar refractivity (Wildman–Crippen MR) is 134 cm³/mol. The summed E-state index contributed by atoms with van der Waals surface area (Å²) >= 11 is 0. The van der Waals surface area contributed by atoms with Gasteiger partial charge in [-0.25, -0.2) is 0 Å². The zero-order valence-corrected chi connectivity index (χ0v) is 20.9. The van der Waals surface area contributed by atoms with Crippen molar-refractivity contribution in [1.29, 1.82) is 0 Å². The lowest BCUT2D eigenvalue weighted by Gasteiger charge is -2.15. The Morgan fingerprint density at radius 3 is 2.25 bits per heavy atom. The summed E-state index contributed by atoms with van der Waals surface area (Å²) in [6, 6.07) is 13.5. The minimum Gasteiger partial charge on any atom is -0.493 e. The molecule has 9 heteroatoms. The quantitative estimate of drug-likeness (QED) is 0.385. The first-order chi connectivity index (χ1) is 17.3. The van der Waals surface area contributed by atoms with E-state index in [9.17, 15) is 9.59 Å². The number of ether oxygens (including phenoxy) is 4. The fourth-order valence-corrected chi connectivity index (χ4v) is 3.30. The molecule has 9 nitrogen and oxygen atoms in total. The number of amides is 2. The minimum atomic E-state index is -0.499. The van der Waals surface area contributed by atoms with Crippen LogP contribution in [-0.2, 0) is 11.3 Å². The number of nitrogens with one attached hydrogen (secondary N) is 2. The third kappa shape index (κ3) is 6.82. The monoisotopic (exact) mass is 494 g/mol. The molecule has 190 valence electrons. The number of furan rings is 1. The predicted octanol–water partition coefficient (Wildman–Crippen LogP) is 4.18. The molecular weight excluding hydrogens is 464 g/mol. The van der Waals surface area contributed by atoms with Gasteiger partial charge in [0.25, 0.3) is 11.8 Å². The van der Waals surface area contributed by atoms with Gasteiger partial charge in [-0.2, -0.15) is 0 Å². The van der Waals surface area contributed by atoms with Crippen molar-refractivity contribution in [2.24, 2.45) is 0 Å². The largest absolute Gasteiger partial charge is 0.493 e. The first-order valence-electron chi connectivity index (χ1n) is 11.2. The van der Waals surface area contributed by atoms with E-state index in [-0.39, 0.29) is 23.9 Å². The van der Waals surface area contributed by atoms with E-state index in [4.69, 9.17) is 23.4 Å². The van der Waals surface area contributed by atoms with Crippen molar-refractivity contribution in [3.63, 3.8) is 0 Å². The van der Waals surface area contributed by atoms with Crippen LogP contribution in [0.1, 0.15) is 35.5 Å². The third-order valence-corrected chi connectivity index (χ3v) is 5.01. The Balaban J connectivity index is 1.77. The van der Waals surface area contributed by atoms with Crippen molar-refractivity contribution in [3.8, 4) is 23.0 Å². The van der Waals surface area contributed by atoms with Gasteiger partial charge in [0, 0.05) is 18.2 Å². The topological polar surface area (TPSA) is 108 Å². The maximum Gasteiger partial charge on any atom is 0.268 e. The van der Waals surface area contributed by atoms with Crippen LogP contribution >= 0.6 is 0 Å². The van der Waals surface area contributed by atoms with E-state index in [1.165, 1.54) is 32.6 Å². The molecule has 3 aromatic rings. The molecule has 2 aromatic carbocycles. The second kappa shape index (κ2) is 12.3. The van der Waals surface area contributed by atoms with Gasteiger partial charge in [-0.05, 0) is 61.9 Å². The maximum absolute atomic E-state index is 13.1. The highest BCUT2D eigenvalue weighted by Gasteiger charge is 2.17. The zero-order valence-electron chi connectivity index (χ0n) is 20.9. The summed E-state index contributed by atoms with van der Waals surface area (Å²) in [5.74, 6) is 1.46. The lowest BCUT2D eigenvalue weighted by atomic mass is 10.1. The van der Waals surface area contributed by atoms with Gasteiger partial charge >= 0.3 is 0 Å². The summed E-state index contributed by atoms with van der Waals surface area (Å²) < 4.78 is 27.0. The Kier molecular flexibility index (Phi) is 8.99. The van der Waals surface area contributed by atoms with Gasteiger partial charge in [-0.3, -0.25) is 9.59 Å². The first kappa shape index (κ1) is 26.2. The Morgan fingerprint density at radius 2 is 1.61 bits per heavy atom. The van der Waals surface area contributed by atoms with E-state index in [0.29, 0.717) is 28.8 Å². The molecule has 36 heavy (non-hydrogen) atoms. The summed E-state index contributed by atoms with van der Waals surface area (Å²) in [6.45, 7) is 4.05. The van der Waals surface area contributed by atoms with E-state index >= 15 is 0 Å². The van der Waals surface area contributed by atoms with Crippen LogP contribution in [0.5, 0.6) is 23.0 Å². The molecule has 0 spiro atoms. The van der Waals surface area contributed by atoms with Crippen LogP contribution < -0.4 is 29.6 Å². The molecule has 0 unspecified atom stereocenters. The number of carbonyl (C=O) groups excluding carboxylic acids is 2. The molecular formula is C27H30N2O7. The van der Waals surface area contributed by atoms with Crippen LogP contribution in [0.2, 0.25) is 0 Å². The molecule has 3 rings (SSSR count). The third-order valence-electron chi connectivity index (χ3n) is 5.01. The van der Waals surface area contributed by atoms with E-state index < -0.39 is 11.8 Å². The highest BCUT2D eigenvalue weighted by molar-refractivity contribution is 6.05. The van der Waals surface area contributed by atoms with Gasteiger partial charge in [0.1, 0.15) is 11.5 Å². The molecule has 1 heterocycles. The summed E-state index contributed by atoms with van der Waals surface area (Å²) in [5.41, 5.74) is 1.09. The smallest absolute Gasteiger partial charge is 0.268 e. The molecule has 0 aliphatic heterocycles. The van der Waals surface area contributed by atoms with Crippen LogP contribution in [0.15, 0.2) is 64.9 Å². The van der Waals surface area contributed by atoms with Gasteiger partial charge < -0.3 is 34.0 Å². The average molecular weight is 495 g/mol. The van der Waals surface area contributed by atoms with Crippen LogP contribution in [0.25, 0.3) is 6.08 Å². The number of methoxy groups -OCH3 is 3. The van der Waals surface area contributed by atoms with Gasteiger partial charge in [-0.1, -0.05) is 6.07 Å². The van der Waals surface area contributed by atoms with Crippen LogP contribution in [-0.4, -0.2) is 39.2 Å². The Labute approximate surface area is 210 Å². The summed E-state index contributed by atoms with van der Waals surface area (Å²) in [4.78, 5) is 26.0. The van der Waals surface area contributed by atoms with Crippen molar-refractivity contribution >= 4 is 17.9 Å². The number of rotatable bonds is 11. The number of hydrogen-bond donors (Lipinski definition) is 2. The Morgan fingerprint density at radius 1 is 0.917 bits per heavy atom. The Bertz CT molecular complexity index is 1220. The normalized spacial score (nSPS) is 11.1. The standard InChI is InChI=1S/C27H30N2O7/c1-17(2)36-23-10-8-18(13-24(23)33-4)16-28-27(31)21(15-20-7-6-12-35-20)29-26(30)19-9-11-22(32-3)25(14-19)34-5/h6-15,17H,16H2,1-5H3,(H,28,31)(H,29,30)/b21-15-. The van der Waals surface area contributed by atoms with E-state index in [2.05, 4.69) is 10.6 Å². The fourth-order valence-electron chi connectivity index (χ4n) is 3.30. The molecule has 1 aromatic heterocycles. The Hall–Kier alpha value is -4.40. The van der Waals surface area contributed by atoms with Gasteiger partial charge in [0.05, 0.1) is 33.7 Å². The van der Waals surface area contributed by atoms with Crippen molar-refractivity contribution < 1.29 is 33.0 Å².